The fourth-order valence-electron chi connectivity index (χ4n) is 4.31. The van der Waals surface area contributed by atoms with Crippen LogP contribution in [0, 0.1) is 0 Å². The predicted octanol–water partition coefficient (Wildman–Crippen LogP) is 6.01. The van der Waals surface area contributed by atoms with E-state index in [4.69, 9.17) is 9.47 Å². The molecular weight excluding hydrogens is 492 g/mol. The first-order chi connectivity index (χ1) is 19.1. The van der Waals surface area contributed by atoms with Crippen LogP contribution in [0.25, 0.3) is 11.3 Å². The molecule has 9 nitrogen and oxygen atoms in total. The quantitative estimate of drug-likeness (QED) is 0.291. The Hall–Kier alpha value is -4.50. The van der Waals surface area contributed by atoms with E-state index in [1.54, 1.807) is 36.7 Å². The number of rotatable bonds is 8. The minimum atomic E-state index is -0.338. The van der Waals surface area contributed by atoms with Gasteiger partial charge in [-0.25, -0.2) is 19.7 Å². The number of ether oxygens (including phenoxy) is 2. The van der Waals surface area contributed by atoms with Gasteiger partial charge in [-0.05, 0) is 86.6 Å². The van der Waals surface area contributed by atoms with E-state index >= 15 is 0 Å². The number of carbonyl (C=O) groups excluding carboxylic acids is 1. The average Bonchev–Trinajstić information content (AvgIpc) is 2.96. The van der Waals surface area contributed by atoms with Gasteiger partial charge in [-0.1, -0.05) is 6.92 Å². The first-order valence-electron chi connectivity index (χ1n) is 13.1. The molecule has 0 radical (unpaired) electrons. The highest BCUT2D eigenvalue weighted by atomic mass is 16.5. The van der Waals surface area contributed by atoms with Crippen LogP contribution in [-0.4, -0.2) is 52.1 Å². The summed E-state index contributed by atoms with van der Waals surface area (Å²) in [6, 6.07) is 19.8. The molecule has 1 saturated heterocycles. The molecule has 0 bridgehead atoms. The van der Waals surface area contributed by atoms with Gasteiger partial charge in [0.1, 0.15) is 23.4 Å². The van der Waals surface area contributed by atoms with E-state index < -0.39 is 0 Å². The van der Waals surface area contributed by atoms with Crippen LogP contribution in [-0.2, 0) is 6.42 Å². The van der Waals surface area contributed by atoms with Crippen LogP contribution >= 0.6 is 0 Å². The van der Waals surface area contributed by atoms with Crippen molar-refractivity contribution in [2.45, 2.75) is 32.3 Å². The van der Waals surface area contributed by atoms with Crippen molar-refractivity contribution < 1.29 is 14.3 Å². The fraction of sp³-hybridized carbons (Fsp3) is 0.267. The van der Waals surface area contributed by atoms with Gasteiger partial charge < -0.3 is 25.0 Å². The maximum atomic E-state index is 12.5. The molecule has 39 heavy (non-hydrogen) atoms. The Bertz CT molecular complexity index is 1390. The van der Waals surface area contributed by atoms with E-state index in [1.807, 2.05) is 49.4 Å². The summed E-state index contributed by atoms with van der Waals surface area (Å²) in [5.41, 5.74) is 2.84. The number of aryl methyl sites for hydroxylation is 1. The zero-order chi connectivity index (χ0) is 27.0. The Kier molecular flexibility index (Phi) is 8.28. The van der Waals surface area contributed by atoms with Crippen LogP contribution < -0.4 is 20.1 Å². The van der Waals surface area contributed by atoms with Gasteiger partial charge in [0.15, 0.2) is 0 Å². The van der Waals surface area contributed by atoms with Crippen LogP contribution in [0.4, 0.5) is 16.2 Å². The smallest absolute Gasteiger partial charge is 0.323 e. The number of hydrogen-bond acceptors (Lipinski definition) is 7. The van der Waals surface area contributed by atoms with Crippen LogP contribution in [0.2, 0.25) is 0 Å². The lowest BCUT2D eigenvalue weighted by Gasteiger charge is -2.29. The average molecular weight is 525 g/mol. The monoisotopic (exact) mass is 524 g/mol. The van der Waals surface area contributed by atoms with Gasteiger partial charge in [0.25, 0.3) is 0 Å². The number of aromatic nitrogens is 3. The van der Waals surface area contributed by atoms with Crippen LogP contribution in [0.3, 0.4) is 0 Å². The molecule has 1 aliphatic heterocycles. The Balaban J connectivity index is 1.15. The number of nitrogens with zero attached hydrogens (tertiary/aromatic N) is 4. The van der Waals surface area contributed by atoms with E-state index in [0.717, 1.165) is 55.2 Å². The van der Waals surface area contributed by atoms with Gasteiger partial charge in [-0.3, -0.25) is 0 Å². The standard InChI is InChI=1S/C30H32N6O3/c1-3-28-31-18-14-27(35-28)26-5-4-17-32-29(26)39-24-12-8-22(9-13-24)34-30(37)33-21-6-10-23(11-7-21)38-25-15-19-36(2)20-16-25/h4-14,17-18,25H,3,15-16,19-20H2,1-2H3,(H2,33,34,37). The molecule has 1 fully saturated rings. The molecule has 0 aliphatic carbocycles. The molecule has 4 aromatic rings. The first kappa shape index (κ1) is 26.1. The highest BCUT2D eigenvalue weighted by molar-refractivity contribution is 5.99. The molecule has 0 saturated carbocycles. The second-order valence-corrected chi connectivity index (χ2v) is 9.42. The molecule has 0 atom stereocenters. The first-order valence-corrected chi connectivity index (χ1v) is 13.1. The molecule has 0 spiro atoms. The zero-order valence-corrected chi connectivity index (χ0v) is 22.1. The van der Waals surface area contributed by atoms with Gasteiger partial charge in [-0.2, -0.15) is 0 Å². The molecule has 9 heteroatoms. The number of hydrogen-bond donors (Lipinski definition) is 2. The Labute approximate surface area is 228 Å². The van der Waals surface area contributed by atoms with Crippen molar-refractivity contribution in [1.82, 2.24) is 19.9 Å². The SMILES string of the molecule is CCc1nccc(-c2cccnc2Oc2ccc(NC(=O)Nc3ccc(OC4CCN(C)CC4)cc3)cc2)n1. The highest BCUT2D eigenvalue weighted by Crippen LogP contribution is 2.30. The van der Waals surface area contributed by atoms with E-state index in [0.29, 0.717) is 23.0 Å². The number of urea groups is 1. The lowest BCUT2D eigenvalue weighted by Crippen LogP contribution is -2.35. The lowest BCUT2D eigenvalue weighted by atomic mass is 10.1. The predicted molar refractivity (Wildman–Crippen MR) is 151 cm³/mol. The van der Waals surface area contributed by atoms with Gasteiger partial charge in [0, 0.05) is 43.3 Å². The van der Waals surface area contributed by atoms with Crippen LogP contribution in [0.1, 0.15) is 25.6 Å². The van der Waals surface area contributed by atoms with Gasteiger partial charge in [0.05, 0.1) is 11.3 Å². The minimum absolute atomic E-state index is 0.237. The topological polar surface area (TPSA) is 102 Å². The Morgan fingerprint density at radius 3 is 2.23 bits per heavy atom. The van der Waals surface area contributed by atoms with Crippen molar-refractivity contribution in [1.29, 1.82) is 0 Å². The minimum Gasteiger partial charge on any atom is -0.490 e. The van der Waals surface area contributed by atoms with Crippen LogP contribution in [0.5, 0.6) is 17.4 Å². The number of likely N-dealkylation sites (tertiary alicyclic amines) is 1. The summed E-state index contributed by atoms with van der Waals surface area (Å²) in [6.45, 7) is 4.10. The number of piperidine rings is 1. The van der Waals surface area contributed by atoms with Crippen molar-refractivity contribution in [2.24, 2.45) is 0 Å². The summed E-state index contributed by atoms with van der Waals surface area (Å²) >= 11 is 0. The van der Waals surface area contributed by atoms with Gasteiger partial charge in [0.2, 0.25) is 5.88 Å². The normalized spacial score (nSPS) is 14.0. The summed E-state index contributed by atoms with van der Waals surface area (Å²) in [5, 5.41) is 5.69. The molecule has 0 unspecified atom stereocenters. The molecular formula is C30H32N6O3. The highest BCUT2D eigenvalue weighted by Gasteiger charge is 2.18. The third-order valence-electron chi connectivity index (χ3n) is 6.48. The molecule has 2 amide bonds. The maximum Gasteiger partial charge on any atom is 0.323 e. The van der Waals surface area contributed by atoms with Crippen molar-refractivity contribution in [3.8, 4) is 28.6 Å². The van der Waals surface area contributed by atoms with Crippen LogP contribution in [0.15, 0.2) is 79.1 Å². The molecule has 3 heterocycles. The van der Waals surface area contributed by atoms with E-state index in [9.17, 15) is 4.79 Å². The second kappa shape index (κ2) is 12.4. The molecule has 2 aromatic heterocycles. The number of amides is 2. The number of benzene rings is 2. The summed E-state index contributed by atoms with van der Waals surface area (Å²) in [4.78, 5) is 28.1. The molecule has 200 valence electrons. The summed E-state index contributed by atoms with van der Waals surface area (Å²) in [6.07, 6.45) is 6.43. The Morgan fingerprint density at radius 1 is 0.897 bits per heavy atom. The van der Waals surface area contributed by atoms with Crippen molar-refractivity contribution in [3.05, 3.63) is 84.9 Å². The lowest BCUT2D eigenvalue weighted by molar-refractivity contribution is 0.114. The van der Waals surface area contributed by atoms with Crippen molar-refractivity contribution >= 4 is 17.4 Å². The third-order valence-corrected chi connectivity index (χ3v) is 6.48. The van der Waals surface area contributed by atoms with Gasteiger partial charge >= 0.3 is 6.03 Å². The number of carbonyl (C=O) groups is 1. The van der Waals surface area contributed by atoms with E-state index in [-0.39, 0.29) is 12.1 Å². The number of nitrogens with one attached hydrogen (secondary N) is 2. The van der Waals surface area contributed by atoms with Crippen molar-refractivity contribution in [2.75, 3.05) is 30.8 Å². The summed E-state index contributed by atoms with van der Waals surface area (Å²) in [7, 11) is 2.13. The number of pyridine rings is 1. The van der Waals surface area contributed by atoms with Gasteiger partial charge in [-0.15, -0.1) is 0 Å². The Morgan fingerprint density at radius 2 is 1.56 bits per heavy atom. The summed E-state index contributed by atoms with van der Waals surface area (Å²) in [5.74, 6) is 2.60. The fourth-order valence-corrected chi connectivity index (χ4v) is 4.31. The largest absolute Gasteiger partial charge is 0.490 e. The molecule has 5 rings (SSSR count). The third kappa shape index (κ3) is 7.08. The summed E-state index contributed by atoms with van der Waals surface area (Å²) < 4.78 is 12.1. The molecule has 2 aromatic carbocycles. The second-order valence-electron chi connectivity index (χ2n) is 9.42. The maximum absolute atomic E-state index is 12.5. The van der Waals surface area contributed by atoms with E-state index in [1.165, 1.54) is 0 Å². The van der Waals surface area contributed by atoms with Crippen molar-refractivity contribution in [3.63, 3.8) is 0 Å². The number of anilines is 2. The zero-order valence-electron chi connectivity index (χ0n) is 22.1. The molecule has 2 N–H and O–H groups in total. The molecule has 1 aliphatic rings. The van der Waals surface area contributed by atoms with E-state index in [2.05, 4.69) is 37.5 Å².